The van der Waals surface area contributed by atoms with Crippen molar-refractivity contribution >= 4 is 58.4 Å². The predicted molar refractivity (Wildman–Crippen MR) is 156 cm³/mol. The number of aliphatic hydroxyl groups excluding tert-OH is 2. The van der Waals surface area contributed by atoms with Crippen LogP contribution in [-0.4, -0.2) is 118 Å². The Morgan fingerprint density at radius 1 is 0.698 bits per heavy atom. The first-order chi connectivity index (χ1) is 20.1. The SMILES string of the molecule is CN(C)c1ccc(C(=O)O)cc1.COC(=O)C(Cl)C(=O)CO.COC(=O)C(OC(=O)c1ccc(N(C)C)cc1)C(=O)CO. The van der Waals surface area contributed by atoms with E-state index in [0.717, 1.165) is 25.6 Å². The van der Waals surface area contributed by atoms with Crippen LogP contribution in [0.1, 0.15) is 20.7 Å². The molecule has 0 aliphatic carbocycles. The molecular formula is C28H35ClN2O12. The van der Waals surface area contributed by atoms with E-state index >= 15 is 0 Å². The molecular weight excluding hydrogens is 592 g/mol. The van der Waals surface area contributed by atoms with Gasteiger partial charge in [-0.1, -0.05) is 0 Å². The van der Waals surface area contributed by atoms with Gasteiger partial charge in [0.05, 0.1) is 25.3 Å². The lowest BCUT2D eigenvalue weighted by Gasteiger charge is -2.15. The number of carboxylic acid groups (broad SMARTS) is 1. The Hall–Kier alpha value is -4.53. The molecule has 0 spiro atoms. The highest BCUT2D eigenvalue weighted by atomic mass is 35.5. The molecule has 2 unspecified atom stereocenters. The van der Waals surface area contributed by atoms with E-state index < -0.39 is 60.1 Å². The Balaban J connectivity index is 0.000000678. The number of carbonyl (C=O) groups excluding carboxylic acids is 5. The Bertz CT molecular complexity index is 1200. The molecule has 0 fully saturated rings. The third-order valence-corrected chi connectivity index (χ3v) is 5.61. The predicted octanol–water partition coefficient (Wildman–Crippen LogP) is 0.791. The lowest BCUT2D eigenvalue weighted by atomic mass is 10.2. The molecule has 0 aromatic heterocycles. The standard InChI is InChI=1S/C14H17NO6.C9H11NO2.C5H7ClO4/c1-15(2)10-6-4-9(5-7-10)13(18)21-12(11(17)8-16)14(19)20-3;1-10(2)8-5-3-7(4-6-8)9(11)12;1-10-5(9)4(6)3(8)2-7/h4-7,12,16H,8H2,1-3H3;3-6H,1-2H3,(H,11,12);4,7H,2H2,1H3. The maximum absolute atomic E-state index is 11.9. The van der Waals surface area contributed by atoms with E-state index in [0.29, 0.717) is 5.56 Å². The molecule has 15 heteroatoms. The summed E-state index contributed by atoms with van der Waals surface area (Å²) < 4.78 is 13.3. The fourth-order valence-corrected chi connectivity index (χ4v) is 2.88. The van der Waals surface area contributed by atoms with E-state index in [1.165, 1.54) is 12.1 Å². The van der Waals surface area contributed by atoms with Gasteiger partial charge in [0.15, 0.2) is 11.2 Å². The summed E-state index contributed by atoms with van der Waals surface area (Å²) in [4.78, 5) is 69.8. The number of carbonyl (C=O) groups is 6. The number of anilines is 2. The van der Waals surface area contributed by atoms with Crippen LogP contribution in [0.5, 0.6) is 0 Å². The van der Waals surface area contributed by atoms with Crippen molar-refractivity contribution < 1.29 is 58.3 Å². The minimum absolute atomic E-state index is 0.181. The summed E-state index contributed by atoms with van der Waals surface area (Å²) in [5.74, 6) is -5.32. The van der Waals surface area contributed by atoms with Crippen LogP contribution in [0.15, 0.2) is 48.5 Å². The van der Waals surface area contributed by atoms with Gasteiger partial charge in [-0.3, -0.25) is 9.59 Å². The number of ether oxygens (including phenoxy) is 3. The van der Waals surface area contributed by atoms with Gasteiger partial charge in [0.25, 0.3) is 6.10 Å². The van der Waals surface area contributed by atoms with Crippen LogP contribution in [0.2, 0.25) is 0 Å². The van der Waals surface area contributed by atoms with Crippen molar-refractivity contribution in [3.05, 3.63) is 59.7 Å². The molecule has 0 saturated carbocycles. The van der Waals surface area contributed by atoms with Crippen molar-refractivity contribution in [2.24, 2.45) is 0 Å². The summed E-state index contributed by atoms with van der Waals surface area (Å²) in [5.41, 5.74) is 2.38. The largest absolute Gasteiger partial charge is 0.478 e. The fraction of sp³-hybridized carbons (Fsp3) is 0.357. The second-order valence-corrected chi connectivity index (χ2v) is 9.07. The van der Waals surface area contributed by atoms with Crippen molar-refractivity contribution in [3.8, 4) is 0 Å². The van der Waals surface area contributed by atoms with Crippen molar-refractivity contribution in [1.82, 2.24) is 0 Å². The van der Waals surface area contributed by atoms with E-state index in [2.05, 4.69) is 9.47 Å². The number of hydrogen-bond acceptors (Lipinski definition) is 13. The van der Waals surface area contributed by atoms with Crippen LogP contribution in [0.4, 0.5) is 11.4 Å². The van der Waals surface area contributed by atoms with E-state index in [-0.39, 0.29) is 5.56 Å². The van der Waals surface area contributed by atoms with Gasteiger partial charge in [-0.15, -0.1) is 11.6 Å². The molecule has 236 valence electrons. The monoisotopic (exact) mass is 626 g/mol. The molecule has 0 radical (unpaired) electrons. The Morgan fingerprint density at radius 3 is 1.42 bits per heavy atom. The zero-order valence-corrected chi connectivity index (χ0v) is 25.2. The van der Waals surface area contributed by atoms with E-state index in [9.17, 15) is 28.8 Å². The van der Waals surface area contributed by atoms with Crippen LogP contribution < -0.4 is 9.80 Å². The number of methoxy groups -OCH3 is 2. The molecule has 0 aliphatic heterocycles. The number of halogens is 1. The Labute approximate surface area is 253 Å². The van der Waals surface area contributed by atoms with Gasteiger partial charge in [0.1, 0.15) is 13.2 Å². The number of carboxylic acids is 1. The summed E-state index contributed by atoms with van der Waals surface area (Å²) in [5, 5.41) is 24.2. The molecule has 2 aromatic rings. The van der Waals surface area contributed by atoms with Crippen molar-refractivity contribution in [3.63, 3.8) is 0 Å². The summed E-state index contributed by atoms with van der Waals surface area (Å²) in [6.07, 6.45) is -1.76. The molecule has 0 bridgehead atoms. The number of ketones is 2. The quantitative estimate of drug-likeness (QED) is 0.137. The average Bonchev–Trinajstić information content (AvgIpc) is 3.02. The number of benzene rings is 2. The second-order valence-electron chi connectivity index (χ2n) is 8.63. The van der Waals surface area contributed by atoms with Gasteiger partial charge >= 0.3 is 23.9 Å². The normalized spacial score (nSPS) is 11.1. The minimum Gasteiger partial charge on any atom is -0.478 e. The molecule has 2 rings (SSSR count). The van der Waals surface area contributed by atoms with Crippen molar-refractivity contribution in [2.45, 2.75) is 11.5 Å². The van der Waals surface area contributed by atoms with Crippen LogP contribution >= 0.6 is 11.6 Å². The molecule has 14 nitrogen and oxygen atoms in total. The number of esters is 3. The molecule has 0 amide bonds. The summed E-state index contributed by atoms with van der Waals surface area (Å²) in [6, 6.07) is 13.2. The maximum Gasteiger partial charge on any atom is 0.355 e. The molecule has 0 heterocycles. The van der Waals surface area contributed by atoms with Gasteiger partial charge in [0, 0.05) is 39.6 Å². The summed E-state index contributed by atoms with van der Waals surface area (Å²) in [7, 11) is 9.69. The smallest absolute Gasteiger partial charge is 0.355 e. The third kappa shape index (κ3) is 13.3. The number of aliphatic hydroxyl groups is 2. The van der Waals surface area contributed by atoms with Gasteiger partial charge in [-0.05, 0) is 48.5 Å². The molecule has 43 heavy (non-hydrogen) atoms. The highest BCUT2D eigenvalue weighted by molar-refractivity contribution is 6.41. The molecule has 0 saturated heterocycles. The average molecular weight is 627 g/mol. The van der Waals surface area contributed by atoms with Crippen LogP contribution in [-0.2, 0) is 33.4 Å². The highest BCUT2D eigenvalue weighted by Gasteiger charge is 2.31. The molecule has 3 N–H and O–H groups in total. The second kappa shape index (κ2) is 19.6. The maximum atomic E-state index is 11.9. The van der Waals surface area contributed by atoms with Crippen LogP contribution in [0, 0.1) is 0 Å². The number of aromatic carboxylic acids is 1. The topological polar surface area (TPSA) is 197 Å². The zero-order chi connectivity index (χ0) is 33.3. The summed E-state index contributed by atoms with van der Waals surface area (Å²) >= 11 is 5.20. The van der Waals surface area contributed by atoms with Gasteiger partial charge in [-0.2, -0.15) is 0 Å². The zero-order valence-electron chi connectivity index (χ0n) is 24.5. The number of rotatable bonds is 11. The summed E-state index contributed by atoms with van der Waals surface area (Å²) in [6.45, 7) is -1.67. The third-order valence-electron chi connectivity index (χ3n) is 5.19. The van der Waals surface area contributed by atoms with Gasteiger partial charge < -0.3 is 39.3 Å². The Morgan fingerprint density at radius 2 is 1.09 bits per heavy atom. The van der Waals surface area contributed by atoms with Gasteiger partial charge in [0.2, 0.25) is 5.78 Å². The number of hydrogen-bond donors (Lipinski definition) is 3. The van der Waals surface area contributed by atoms with E-state index in [1.807, 2.05) is 38.0 Å². The molecule has 2 atom stereocenters. The Kier molecular flexibility index (Phi) is 17.5. The molecule has 2 aromatic carbocycles. The number of Topliss-reactive ketones (excluding diaryl/α,β-unsaturated/α-hetero) is 2. The van der Waals surface area contributed by atoms with Crippen molar-refractivity contribution in [1.29, 1.82) is 0 Å². The van der Waals surface area contributed by atoms with Gasteiger partial charge in [-0.25, -0.2) is 19.2 Å². The first-order valence-electron chi connectivity index (χ1n) is 12.2. The van der Waals surface area contributed by atoms with Crippen LogP contribution in [0.25, 0.3) is 0 Å². The number of alkyl halides is 1. The lowest BCUT2D eigenvalue weighted by Crippen LogP contribution is -2.37. The van der Waals surface area contributed by atoms with Crippen molar-refractivity contribution in [2.75, 3.05) is 65.4 Å². The van der Waals surface area contributed by atoms with Crippen LogP contribution in [0.3, 0.4) is 0 Å². The minimum atomic E-state index is -1.76. The lowest BCUT2D eigenvalue weighted by molar-refractivity contribution is -0.156. The number of nitrogens with zero attached hydrogens (tertiary/aromatic N) is 2. The molecule has 0 aliphatic rings. The van der Waals surface area contributed by atoms with E-state index in [4.69, 9.17) is 31.7 Å². The first kappa shape index (κ1) is 38.5. The fourth-order valence-electron chi connectivity index (χ4n) is 2.72. The highest BCUT2D eigenvalue weighted by Crippen LogP contribution is 2.14. The first-order valence-corrected chi connectivity index (χ1v) is 12.6. The van der Waals surface area contributed by atoms with E-state index in [1.54, 1.807) is 36.4 Å².